The van der Waals surface area contributed by atoms with Gasteiger partial charge in [0.05, 0.1) is 6.42 Å². The SMILES string of the molecule is CC/C=C\C/C=C\C/C=C\C/C=C\C/C=C\CC(=O)OC(COC(=O)CCCCCCC/C=C\CCCCC)COC(=O)CCCCCCCCCCCC/C=C\C/C=C\C/C=C\C/C=C\CC. The number of unbranched alkanes of at least 4 members (excludes halogenated alkanes) is 18. The Morgan fingerprint density at radius 3 is 0.985 bits per heavy atom. The van der Waals surface area contributed by atoms with Crippen LogP contribution in [-0.2, 0) is 28.6 Å². The van der Waals surface area contributed by atoms with Crippen LogP contribution in [0, 0.1) is 0 Å². The standard InChI is InChI=1S/C62H100O6/c1-4-7-10-13-16-19-22-25-27-28-29-30-31-32-33-34-36-37-40-43-46-49-52-55-61(64)67-58-59(57-66-60(63)54-51-48-45-42-39-24-21-18-15-12-9-6-3)68-62(65)56-53-50-47-44-41-38-35-26-23-20-17-14-11-8-5-2/h7-8,10-11,16-21,25-27,29-30,35,41,44,50,53,59H,4-6,9,12-15,22-24,28,31-34,36-40,42-43,45-49,51-52,54-58H2,1-3H3/b10-7-,11-8-,19-16-,20-17-,21-18-,27-25-,30-29-,35-26-,44-41-,53-50-. The van der Waals surface area contributed by atoms with Crippen LogP contribution in [0.4, 0.5) is 0 Å². The van der Waals surface area contributed by atoms with E-state index in [9.17, 15) is 14.4 Å². The summed E-state index contributed by atoms with van der Waals surface area (Å²) in [5.41, 5.74) is 0. The molecule has 384 valence electrons. The fourth-order valence-corrected chi connectivity index (χ4v) is 7.15. The van der Waals surface area contributed by atoms with Crippen LogP contribution >= 0.6 is 0 Å². The van der Waals surface area contributed by atoms with E-state index in [4.69, 9.17) is 14.2 Å². The van der Waals surface area contributed by atoms with Gasteiger partial charge in [-0.25, -0.2) is 0 Å². The lowest BCUT2D eigenvalue weighted by molar-refractivity contribution is -0.166. The fourth-order valence-electron chi connectivity index (χ4n) is 7.15. The molecular formula is C62H100O6. The maximum atomic E-state index is 12.8. The van der Waals surface area contributed by atoms with Crippen LogP contribution in [0.25, 0.3) is 0 Å². The average molecular weight is 941 g/mol. The number of hydrogen-bond donors (Lipinski definition) is 0. The van der Waals surface area contributed by atoms with Crippen molar-refractivity contribution in [1.82, 2.24) is 0 Å². The van der Waals surface area contributed by atoms with Gasteiger partial charge >= 0.3 is 17.9 Å². The Bertz CT molecular complexity index is 1450. The van der Waals surface area contributed by atoms with E-state index < -0.39 is 12.1 Å². The van der Waals surface area contributed by atoms with Crippen LogP contribution in [0.15, 0.2) is 122 Å². The maximum absolute atomic E-state index is 12.8. The van der Waals surface area contributed by atoms with E-state index in [1.54, 1.807) is 6.08 Å². The van der Waals surface area contributed by atoms with E-state index in [0.29, 0.717) is 19.3 Å². The van der Waals surface area contributed by atoms with E-state index in [2.05, 4.69) is 130 Å². The number of hydrogen-bond acceptors (Lipinski definition) is 6. The molecular weight excluding hydrogens is 841 g/mol. The Hall–Kier alpha value is -4.19. The molecule has 6 nitrogen and oxygen atoms in total. The van der Waals surface area contributed by atoms with Crippen LogP contribution in [0.3, 0.4) is 0 Å². The molecule has 1 atom stereocenters. The molecule has 0 spiro atoms. The zero-order valence-corrected chi connectivity index (χ0v) is 43.8. The van der Waals surface area contributed by atoms with Crippen LogP contribution in [0.1, 0.15) is 233 Å². The second kappa shape index (κ2) is 55.4. The number of carbonyl (C=O) groups is 3. The summed E-state index contributed by atoms with van der Waals surface area (Å²) in [6.07, 6.45) is 76.4. The Morgan fingerprint density at radius 1 is 0.324 bits per heavy atom. The van der Waals surface area contributed by atoms with E-state index >= 15 is 0 Å². The number of carbonyl (C=O) groups excluding carboxylic acids is 3. The zero-order valence-electron chi connectivity index (χ0n) is 43.8. The lowest BCUT2D eigenvalue weighted by Gasteiger charge is -2.18. The van der Waals surface area contributed by atoms with Crippen molar-refractivity contribution in [3.8, 4) is 0 Å². The third-order valence-electron chi connectivity index (χ3n) is 11.2. The van der Waals surface area contributed by atoms with E-state index in [1.807, 2.05) is 6.08 Å². The minimum absolute atomic E-state index is 0.0905. The summed E-state index contributed by atoms with van der Waals surface area (Å²) in [4.78, 5) is 38.0. The van der Waals surface area contributed by atoms with Crippen LogP contribution in [0.5, 0.6) is 0 Å². The quantitative estimate of drug-likeness (QED) is 0.0262. The third-order valence-corrected chi connectivity index (χ3v) is 11.2. The molecule has 0 radical (unpaired) electrons. The topological polar surface area (TPSA) is 78.9 Å². The molecule has 0 amide bonds. The highest BCUT2D eigenvalue weighted by atomic mass is 16.6. The predicted molar refractivity (Wildman–Crippen MR) is 293 cm³/mol. The highest BCUT2D eigenvalue weighted by Gasteiger charge is 2.19. The van der Waals surface area contributed by atoms with Gasteiger partial charge in [-0.05, 0) is 109 Å². The molecule has 0 fully saturated rings. The summed E-state index contributed by atoms with van der Waals surface area (Å²) in [5, 5.41) is 0. The summed E-state index contributed by atoms with van der Waals surface area (Å²) >= 11 is 0. The first-order valence-electron chi connectivity index (χ1n) is 27.5. The summed E-state index contributed by atoms with van der Waals surface area (Å²) < 4.78 is 16.7. The van der Waals surface area contributed by atoms with Gasteiger partial charge in [0.25, 0.3) is 0 Å². The van der Waals surface area contributed by atoms with Crippen molar-refractivity contribution >= 4 is 17.9 Å². The molecule has 1 unspecified atom stereocenters. The second-order valence-electron chi connectivity index (χ2n) is 17.7. The number of allylic oxidation sites excluding steroid dienone is 19. The van der Waals surface area contributed by atoms with Crippen molar-refractivity contribution in [1.29, 1.82) is 0 Å². The molecule has 0 aliphatic rings. The molecule has 0 aliphatic heterocycles. The predicted octanol–water partition coefficient (Wildman–Crippen LogP) is 18.5. The van der Waals surface area contributed by atoms with Gasteiger partial charge in [0.1, 0.15) is 13.2 Å². The maximum Gasteiger partial charge on any atom is 0.310 e. The lowest BCUT2D eigenvalue weighted by atomic mass is 10.1. The van der Waals surface area contributed by atoms with Gasteiger partial charge < -0.3 is 14.2 Å². The number of esters is 3. The van der Waals surface area contributed by atoms with Gasteiger partial charge in [-0.2, -0.15) is 0 Å². The zero-order chi connectivity index (χ0) is 49.3. The highest BCUT2D eigenvalue weighted by Crippen LogP contribution is 2.14. The van der Waals surface area contributed by atoms with Crippen LogP contribution in [-0.4, -0.2) is 37.2 Å². The average Bonchev–Trinajstić information content (AvgIpc) is 3.34. The lowest BCUT2D eigenvalue weighted by Crippen LogP contribution is -2.30. The van der Waals surface area contributed by atoms with Gasteiger partial charge in [0, 0.05) is 12.8 Å². The molecule has 0 aliphatic carbocycles. The monoisotopic (exact) mass is 941 g/mol. The summed E-state index contributed by atoms with van der Waals surface area (Å²) in [7, 11) is 0. The molecule has 0 aromatic carbocycles. The van der Waals surface area contributed by atoms with Gasteiger partial charge in [-0.1, -0.05) is 226 Å². The molecule has 0 aromatic rings. The molecule has 0 heterocycles. The van der Waals surface area contributed by atoms with Crippen molar-refractivity contribution in [3.63, 3.8) is 0 Å². The minimum atomic E-state index is -0.840. The van der Waals surface area contributed by atoms with Crippen molar-refractivity contribution in [3.05, 3.63) is 122 Å². The molecule has 6 heteroatoms. The first-order valence-corrected chi connectivity index (χ1v) is 27.5. The van der Waals surface area contributed by atoms with E-state index in [0.717, 1.165) is 103 Å². The Balaban J connectivity index is 4.43. The fraction of sp³-hybridized carbons (Fsp3) is 0.629. The second-order valence-corrected chi connectivity index (χ2v) is 17.7. The van der Waals surface area contributed by atoms with Crippen LogP contribution in [0.2, 0.25) is 0 Å². The van der Waals surface area contributed by atoms with Gasteiger partial charge in [0.2, 0.25) is 0 Å². The van der Waals surface area contributed by atoms with Gasteiger partial charge in [-0.15, -0.1) is 0 Å². The van der Waals surface area contributed by atoms with Crippen molar-refractivity contribution < 1.29 is 28.6 Å². The summed E-state index contributed by atoms with van der Waals surface area (Å²) in [6.45, 7) is 6.28. The van der Waals surface area contributed by atoms with Crippen LogP contribution < -0.4 is 0 Å². The van der Waals surface area contributed by atoms with Gasteiger partial charge in [-0.3, -0.25) is 14.4 Å². The molecule has 68 heavy (non-hydrogen) atoms. The van der Waals surface area contributed by atoms with E-state index in [-0.39, 0.29) is 31.6 Å². The van der Waals surface area contributed by atoms with Crippen molar-refractivity contribution in [2.75, 3.05) is 13.2 Å². The Labute approximate surface area is 418 Å². The molecule has 0 N–H and O–H groups in total. The first-order chi connectivity index (χ1) is 33.5. The third kappa shape index (κ3) is 52.8. The number of rotatable bonds is 48. The molecule has 0 rings (SSSR count). The highest BCUT2D eigenvalue weighted by molar-refractivity contribution is 5.72. The summed E-state index contributed by atoms with van der Waals surface area (Å²) in [6, 6.07) is 0. The molecule has 0 saturated carbocycles. The first kappa shape index (κ1) is 63.8. The Morgan fingerprint density at radius 2 is 0.618 bits per heavy atom. The van der Waals surface area contributed by atoms with Crippen molar-refractivity contribution in [2.24, 2.45) is 0 Å². The normalized spacial score (nSPS) is 13.0. The molecule has 0 aromatic heterocycles. The van der Waals surface area contributed by atoms with E-state index in [1.165, 1.54) is 83.5 Å². The van der Waals surface area contributed by atoms with Crippen molar-refractivity contribution in [2.45, 2.75) is 239 Å². The Kier molecular flexibility index (Phi) is 52.0. The smallest absolute Gasteiger partial charge is 0.310 e. The minimum Gasteiger partial charge on any atom is -0.462 e. The summed E-state index contributed by atoms with van der Waals surface area (Å²) in [5.74, 6) is -1.07. The molecule has 0 bridgehead atoms. The largest absolute Gasteiger partial charge is 0.462 e. The number of ether oxygens (including phenoxy) is 3. The van der Waals surface area contributed by atoms with Gasteiger partial charge in [0.15, 0.2) is 6.10 Å². The molecule has 0 saturated heterocycles.